The van der Waals surface area contributed by atoms with E-state index in [4.69, 9.17) is 4.74 Å². The number of hydrogen-bond acceptors (Lipinski definition) is 3. The zero-order valence-electron chi connectivity index (χ0n) is 18.5. The Hall–Kier alpha value is -1.53. The van der Waals surface area contributed by atoms with E-state index in [1.807, 2.05) is 0 Å². The topological polar surface area (TPSA) is 35.5 Å². The van der Waals surface area contributed by atoms with Crippen molar-refractivity contribution >= 4 is 5.97 Å². The lowest BCUT2D eigenvalue weighted by Crippen LogP contribution is -2.47. The molecule has 0 atom stereocenters. The van der Waals surface area contributed by atoms with Gasteiger partial charge < -0.3 is 9.47 Å². The maximum absolute atomic E-state index is 14.3. The fourth-order valence-electron chi connectivity index (χ4n) is 5.44. The van der Waals surface area contributed by atoms with Gasteiger partial charge in [0.05, 0.1) is 12.5 Å². The molecule has 3 nitrogen and oxygen atoms in total. The lowest BCUT2D eigenvalue weighted by molar-refractivity contribution is -0.206. The number of esters is 1. The average Bonchev–Trinajstić information content (AvgIpc) is 2.75. The predicted octanol–water partition coefficient (Wildman–Crippen LogP) is 7.03. The summed E-state index contributed by atoms with van der Waals surface area (Å²) >= 11 is 0. The van der Waals surface area contributed by atoms with Crippen molar-refractivity contribution in [2.75, 3.05) is 6.61 Å². The Morgan fingerprint density at radius 2 is 1.39 bits per heavy atom. The zero-order valence-corrected chi connectivity index (χ0v) is 18.5. The molecule has 0 N–H and O–H groups in total. The normalized spacial score (nSPS) is 32.6. The van der Waals surface area contributed by atoms with Crippen LogP contribution in [0.15, 0.2) is 23.7 Å². The van der Waals surface area contributed by atoms with Crippen LogP contribution in [0.2, 0.25) is 0 Å². The fourth-order valence-corrected chi connectivity index (χ4v) is 5.44. The fraction of sp³-hybridized carbons (Fsp3) is 0.792. The quantitative estimate of drug-likeness (QED) is 0.311. The van der Waals surface area contributed by atoms with Crippen molar-refractivity contribution in [2.45, 2.75) is 89.9 Å². The third-order valence-corrected chi connectivity index (χ3v) is 7.27. The molecule has 0 unspecified atom stereocenters. The molecule has 0 saturated heterocycles. The molecule has 3 aliphatic rings. The van der Waals surface area contributed by atoms with Crippen LogP contribution in [0.25, 0.3) is 0 Å². The summed E-state index contributed by atoms with van der Waals surface area (Å²) in [7, 11) is 0. The van der Waals surface area contributed by atoms with Crippen molar-refractivity contribution in [3.05, 3.63) is 23.7 Å². The monoisotopic (exact) mass is 446 g/mol. The molecule has 31 heavy (non-hydrogen) atoms. The third kappa shape index (κ3) is 5.11. The minimum Gasteiger partial charge on any atom is -0.492 e. The van der Waals surface area contributed by atoms with E-state index in [1.165, 1.54) is 45.4 Å². The minimum absolute atomic E-state index is 0.163. The largest absolute Gasteiger partial charge is 0.492 e. The highest BCUT2D eigenvalue weighted by Crippen LogP contribution is 2.48. The Balaban J connectivity index is 1.53. The molecule has 7 heteroatoms. The van der Waals surface area contributed by atoms with Gasteiger partial charge in [0.1, 0.15) is 0 Å². The molecule has 0 bridgehead atoms. The lowest BCUT2D eigenvalue weighted by Gasteiger charge is -2.37. The molecule has 0 aromatic rings. The number of rotatable bonds is 7. The van der Waals surface area contributed by atoms with E-state index < -0.39 is 35.3 Å². The standard InChI is InChI=1S/C24H34F4O3/c1-3-5-16-6-8-17(9-7-16)18-10-12-19(13-11-18)22(29)31-21-15-14-20(30-4-2)23(25,26)24(21,27)28/h14-19H,3-13H2,1-2H3. The minimum atomic E-state index is -4.63. The highest BCUT2D eigenvalue weighted by molar-refractivity contribution is 5.74. The first-order chi connectivity index (χ1) is 14.7. The number of halogens is 4. The van der Waals surface area contributed by atoms with Gasteiger partial charge in [-0.1, -0.05) is 32.6 Å². The molecule has 0 aliphatic heterocycles. The highest BCUT2D eigenvalue weighted by atomic mass is 19.3. The van der Waals surface area contributed by atoms with E-state index in [1.54, 1.807) is 0 Å². The van der Waals surface area contributed by atoms with Gasteiger partial charge in [0.2, 0.25) is 0 Å². The van der Waals surface area contributed by atoms with Crippen molar-refractivity contribution in [2.24, 2.45) is 23.7 Å². The summed E-state index contributed by atoms with van der Waals surface area (Å²) in [4.78, 5) is 12.5. The summed E-state index contributed by atoms with van der Waals surface area (Å²) in [6, 6.07) is 0. The summed E-state index contributed by atoms with van der Waals surface area (Å²) in [5, 5.41) is 0. The average molecular weight is 447 g/mol. The van der Waals surface area contributed by atoms with Crippen LogP contribution in [0.3, 0.4) is 0 Å². The molecule has 0 spiro atoms. The summed E-state index contributed by atoms with van der Waals surface area (Å²) in [6.45, 7) is 3.49. The maximum atomic E-state index is 14.3. The van der Waals surface area contributed by atoms with E-state index in [2.05, 4.69) is 11.7 Å². The van der Waals surface area contributed by atoms with Crippen LogP contribution in [0.1, 0.15) is 78.1 Å². The van der Waals surface area contributed by atoms with E-state index in [0.717, 1.165) is 30.9 Å². The van der Waals surface area contributed by atoms with Gasteiger partial charge in [0, 0.05) is 0 Å². The van der Waals surface area contributed by atoms with Crippen LogP contribution in [0.4, 0.5) is 17.6 Å². The summed E-state index contributed by atoms with van der Waals surface area (Å²) in [5.41, 5.74) is 0. The molecule has 176 valence electrons. The van der Waals surface area contributed by atoms with E-state index in [-0.39, 0.29) is 6.61 Å². The van der Waals surface area contributed by atoms with Crippen LogP contribution >= 0.6 is 0 Å². The zero-order chi connectivity index (χ0) is 22.6. The van der Waals surface area contributed by atoms with E-state index in [9.17, 15) is 22.4 Å². The molecule has 3 rings (SSSR count). The smallest absolute Gasteiger partial charge is 0.374 e. The molecule has 3 aliphatic carbocycles. The predicted molar refractivity (Wildman–Crippen MR) is 110 cm³/mol. The second-order valence-electron chi connectivity index (χ2n) is 9.25. The Morgan fingerprint density at radius 3 is 1.94 bits per heavy atom. The molecule has 0 aromatic carbocycles. The second-order valence-corrected chi connectivity index (χ2v) is 9.25. The Bertz CT molecular complexity index is 685. The number of hydrogen-bond donors (Lipinski definition) is 0. The summed E-state index contributed by atoms with van der Waals surface area (Å²) in [6.07, 6.45) is 11.9. The van der Waals surface area contributed by atoms with Gasteiger partial charge in [-0.15, -0.1) is 0 Å². The number of allylic oxidation sites excluding steroid dienone is 4. The van der Waals surface area contributed by atoms with Gasteiger partial charge in [-0.3, -0.25) is 4.79 Å². The molecule has 0 amide bonds. The van der Waals surface area contributed by atoms with Crippen molar-refractivity contribution in [1.82, 2.24) is 0 Å². The van der Waals surface area contributed by atoms with Gasteiger partial charge >= 0.3 is 17.8 Å². The molecule has 0 aromatic heterocycles. The Kier molecular flexibility index (Phi) is 7.74. The Morgan fingerprint density at radius 1 is 0.871 bits per heavy atom. The summed E-state index contributed by atoms with van der Waals surface area (Å²) in [5.74, 6) is -10.9. The van der Waals surface area contributed by atoms with Crippen LogP contribution < -0.4 is 0 Å². The molecule has 0 radical (unpaired) electrons. The van der Waals surface area contributed by atoms with Gasteiger partial charge in [0.15, 0.2) is 11.5 Å². The SMILES string of the molecule is CCCC1CCC(C2CCC(C(=O)OC3=CC=C(OCC)C(F)(F)C3(F)F)CC2)CC1. The molecular formula is C24H34F4O3. The second kappa shape index (κ2) is 9.95. The van der Waals surface area contributed by atoms with Crippen LogP contribution in [0, 0.1) is 23.7 Å². The van der Waals surface area contributed by atoms with Crippen LogP contribution in [0.5, 0.6) is 0 Å². The first kappa shape index (κ1) is 24.1. The highest BCUT2D eigenvalue weighted by Gasteiger charge is 2.65. The van der Waals surface area contributed by atoms with Gasteiger partial charge in [-0.05, 0) is 75.4 Å². The van der Waals surface area contributed by atoms with Crippen molar-refractivity contribution in [3.63, 3.8) is 0 Å². The van der Waals surface area contributed by atoms with Crippen LogP contribution in [-0.4, -0.2) is 24.4 Å². The first-order valence-electron chi connectivity index (χ1n) is 11.7. The van der Waals surface area contributed by atoms with Crippen LogP contribution in [-0.2, 0) is 14.3 Å². The van der Waals surface area contributed by atoms with Crippen molar-refractivity contribution in [1.29, 1.82) is 0 Å². The molecular weight excluding hydrogens is 412 g/mol. The number of alkyl halides is 4. The first-order valence-corrected chi connectivity index (χ1v) is 11.7. The van der Waals surface area contributed by atoms with Gasteiger partial charge in [-0.25, -0.2) is 0 Å². The third-order valence-electron chi connectivity index (χ3n) is 7.27. The van der Waals surface area contributed by atoms with Gasteiger partial charge in [0.25, 0.3) is 0 Å². The van der Waals surface area contributed by atoms with E-state index >= 15 is 0 Å². The van der Waals surface area contributed by atoms with Gasteiger partial charge in [-0.2, -0.15) is 17.6 Å². The van der Waals surface area contributed by atoms with Crippen molar-refractivity contribution in [3.8, 4) is 0 Å². The number of carbonyl (C=O) groups is 1. The maximum Gasteiger partial charge on any atom is 0.374 e. The summed E-state index contributed by atoms with van der Waals surface area (Å²) < 4.78 is 66.4. The number of carbonyl (C=O) groups excluding carboxylic acids is 1. The lowest BCUT2D eigenvalue weighted by atomic mass is 9.69. The number of ether oxygens (including phenoxy) is 2. The Labute approximate surface area is 182 Å². The molecule has 2 fully saturated rings. The van der Waals surface area contributed by atoms with Crippen molar-refractivity contribution < 1.29 is 31.8 Å². The molecule has 0 heterocycles. The van der Waals surface area contributed by atoms with E-state index in [0.29, 0.717) is 24.7 Å². The molecule has 2 saturated carbocycles.